The summed E-state index contributed by atoms with van der Waals surface area (Å²) in [5.41, 5.74) is 0.0918. The fourth-order valence-corrected chi connectivity index (χ4v) is 2.03. The van der Waals surface area contributed by atoms with E-state index in [0.29, 0.717) is 5.56 Å². The molecule has 1 aromatic heterocycles. The Kier molecular flexibility index (Phi) is 4.72. The van der Waals surface area contributed by atoms with Crippen molar-refractivity contribution >= 4 is 23.4 Å². The van der Waals surface area contributed by atoms with Crippen molar-refractivity contribution < 1.29 is 19.4 Å². The molecule has 0 spiro atoms. The molecule has 0 radical (unpaired) electrons. The summed E-state index contributed by atoms with van der Waals surface area (Å²) in [6.07, 6.45) is -0.607. The Morgan fingerprint density at radius 3 is 2.61 bits per heavy atom. The molecular formula is C12H17NO4S. The van der Waals surface area contributed by atoms with E-state index in [2.05, 4.69) is 5.32 Å². The molecule has 1 aromatic rings. The van der Waals surface area contributed by atoms with Crippen LogP contribution in [0.15, 0.2) is 16.8 Å². The van der Waals surface area contributed by atoms with Crippen LogP contribution < -0.4 is 5.32 Å². The van der Waals surface area contributed by atoms with Crippen LogP contribution in [0.1, 0.15) is 32.3 Å². The number of hydrogen-bond acceptors (Lipinski definition) is 4. The van der Waals surface area contributed by atoms with Crippen molar-refractivity contribution in [3.8, 4) is 0 Å². The van der Waals surface area contributed by atoms with Crippen LogP contribution in [-0.2, 0) is 9.53 Å². The number of aliphatic carboxylic acids is 1. The lowest BCUT2D eigenvalue weighted by molar-refractivity contribution is -0.138. The van der Waals surface area contributed by atoms with Gasteiger partial charge in [0.15, 0.2) is 0 Å². The van der Waals surface area contributed by atoms with Gasteiger partial charge in [0, 0.05) is 6.54 Å². The van der Waals surface area contributed by atoms with Crippen molar-refractivity contribution in [2.45, 2.75) is 32.3 Å². The molecule has 1 rings (SSSR count). The first-order valence-corrected chi connectivity index (χ1v) is 6.45. The first-order valence-electron chi connectivity index (χ1n) is 5.51. The van der Waals surface area contributed by atoms with Crippen LogP contribution in [0.3, 0.4) is 0 Å². The highest BCUT2D eigenvalue weighted by Gasteiger charge is 2.22. The predicted octanol–water partition coefficient (Wildman–Crippen LogP) is 2.44. The van der Waals surface area contributed by atoms with Crippen LogP contribution in [0.5, 0.6) is 0 Å². The zero-order chi connectivity index (χ0) is 13.8. The molecule has 0 unspecified atom stereocenters. The molecule has 0 aliphatic carbocycles. The molecule has 1 atom stereocenters. The van der Waals surface area contributed by atoms with Crippen molar-refractivity contribution in [3.63, 3.8) is 0 Å². The molecule has 6 heteroatoms. The van der Waals surface area contributed by atoms with E-state index >= 15 is 0 Å². The fourth-order valence-electron chi connectivity index (χ4n) is 1.32. The maximum atomic E-state index is 11.4. The van der Waals surface area contributed by atoms with E-state index in [4.69, 9.17) is 9.84 Å². The number of hydrogen-bond donors (Lipinski definition) is 2. The minimum absolute atomic E-state index is 0.0149. The van der Waals surface area contributed by atoms with E-state index in [1.807, 2.05) is 0 Å². The van der Waals surface area contributed by atoms with E-state index in [1.54, 1.807) is 37.6 Å². The second-order valence-corrected chi connectivity index (χ2v) is 5.61. The highest BCUT2D eigenvalue weighted by atomic mass is 32.1. The van der Waals surface area contributed by atoms with E-state index < -0.39 is 23.6 Å². The van der Waals surface area contributed by atoms with Crippen molar-refractivity contribution in [2.75, 3.05) is 6.54 Å². The Hall–Kier alpha value is -1.56. The third kappa shape index (κ3) is 4.75. The normalized spacial score (nSPS) is 12.8. The summed E-state index contributed by atoms with van der Waals surface area (Å²) in [6, 6.07) is 1.74. The van der Waals surface area contributed by atoms with E-state index in [0.717, 1.165) is 0 Å². The molecule has 0 bridgehead atoms. The lowest BCUT2D eigenvalue weighted by Crippen LogP contribution is -2.36. The van der Waals surface area contributed by atoms with Crippen LogP contribution in [0.25, 0.3) is 0 Å². The average Bonchev–Trinajstić information content (AvgIpc) is 2.67. The predicted molar refractivity (Wildman–Crippen MR) is 68.9 cm³/mol. The van der Waals surface area contributed by atoms with E-state index in [9.17, 15) is 9.59 Å². The Bertz CT molecular complexity index is 408. The molecule has 1 amide bonds. The summed E-state index contributed by atoms with van der Waals surface area (Å²) < 4.78 is 5.04. The van der Waals surface area contributed by atoms with Crippen LogP contribution >= 0.6 is 11.3 Å². The van der Waals surface area contributed by atoms with Gasteiger partial charge < -0.3 is 15.2 Å². The Morgan fingerprint density at radius 2 is 2.17 bits per heavy atom. The molecule has 18 heavy (non-hydrogen) atoms. The molecule has 0 fully saturated rings. The highest BCUT2D eigenvalue weighted by Crippen LogP contribution is 2.18. The summed E-state index contributed by atoms with van der Waals surface area (Å²) in [7, 11) is 0. The molecule has 0 aromatic carbocycles. The molecular weight excluding hydrogens is 254 g/mol. The van der Waals surface area contributed by atoms with Gasteiger partial charge in [-0.05, 0) is 43.2 Å². The van der Waals surface area contributed by atoms with E-state index in [-0.39, 0.29) is 6.54 Å². The number of alkyl carbamates (subject to hydrolysis) is 1. The summed E-state index contributed by atoms with van der Waals surface area (Å²) >= 11 is 1.42. The fraction of sp³-hybridized carbons (Fsp3) is 0.500. The maximum Gasteiger partial charge on any atom is 0.407 e. The van der Waals surface area contributed by atoms with Crippen molar-refractivity contribution in [3.05, 3.63) is 22.4 Å². The number of carbonyl (C=O) groups excluding carboxylic acids is 1. The first-order chi connectivity index (χ1) is 8.29. The molecule has 2 N–H and O–H groups in total. The first kappa shape index (κ1) is 14.5. The number of amides is 1. The van der Waals surface area contributed by atoms with Crippen LogP contribution in [0, 0.1) is 0 Å². The number of rotatable bonds is 4. The number of carboxylic acids is 1. The number of thiophene rings is 1. The smallest absolute Gasteiger partial charge is 0.407 e. The standard InChI is InChI=1S/C12H17NO4S/c1-12(2,3)17-11(16)13-6-9(10(14)15)8-4-5-18-7-8/h4-5,7,9H,6H2,1-3H3,(H,13,16)(H,14,15)/t9-/m0/s1. The molecule has 0 saturated heterocycles. The maximum absolute atomic E-state index is 11.4. The lowest BCUT2D eigenvalue weighted by atomic mass is 10.0. The van der Waals surface area contributed by atoms with E-state index in [1.165, 1.54) is 11.3 Å². The van der Waals surface area contributed by atoms with Crippen molar-refractivity contribution in [1.29, 1.82) is 0 Å². The van der Waals surface area contributed by atoms with Crippen LogP contribution in [0.4, 0.5) is 4.79 Å². The Balaban J connectivity index is 2.54. The van der Waals surface area contributed by atoms with Gasteiger partial charge in [-0.3, -0.25) is 4.79 Å². The molecule has 100 valence electrons. The van der Waals surface area contributed by atoms with Crippen molar-refractivity contribution in [1.82, 2.24) is 5.32 Å². The lowest BCUT2D eigenvalue weighted by Gasteiger charge is -2.20. The average molecular weight is 271 g/mol. The van der Waals surface area contributed by atoms with Gasteiger partial charge in [-0.25, -0.2) is 4.79 Å². The third-order valence-electron chi connectivity index (χ3n) is 2.09. The van der Waals surface area contributed by atoms with Gasteiger partial charge in [-0.1, -0.05) is 0 Å². The Labute approximate surface area is 110 Å². The summed E-state index contributed by atoms with van der Waals surface area (Å²) in [5, 5.41) is 15.1. The largest absolute Gasteiger partial charge is 0.481 e. The topological polar surface area (TPSA) is 75.6 Å². The van der Waals surface area contributed by atoms with Crippen LogP contribution in [0.2, 0.25) is 0 Å². The molecule has 0 aliphatic rings. The number of nitrogens with one attached hydrogen (secondary N) is 1. The number of carboxylic acid groups (broad SMARTS) is 1. The highest BCUT2D eigenvalue weighted by molar-refractivity contribution is 7.08. The minimum atomic E-state index is -0.968. The van der Waals surface area contributed by atoms with Gasteiger partial charge in [0.1, 0.15) is 5.60 Å². The summed E-state index contributed by atoms with van der Waals surface area (Å²) in [4.78, 5) is 22.5. The zero-order valence-corrected chi connectivity index (χ0v) is 11.4. The number of ether oxygens (including phenoxy) is 1. The molecule has 0 saturated carbocycles. The van der Waals surface area contributed by atoms with Gasteiger partial charge in [0.05, 0.1) is 5.92 Å². The van der Waals surface area contributed by atoms with Gasteiger partial charge >= 0.3 is 12.1 Å². The molecule has 1 heterocycles. The second-order valence-electron chi connectivity index (χ2n) is 4.83. The van der Waals surface area contributed by atoms with Gasteiger partial charge in [-0.15, -0.1) is 0 Å². The second kappa shape index (κ2) is 5.86. The van der Waals surface area contributed by atoms with Gasteiger partial charge in [0.2, 0.25) is 0 Å². The third-order valence-corrected chi connectivity index (χ3v) is 2.79. The quantitative estimate of drug-likeness (QED) is 0.882. The molecule has 5 nitrogen and oxygen atoms in total. The van der Waals surface area contributed by atoms with Gasteiger partial charge in [0.25, 0.3) is 0 Å². The minimum Gasteiger partial charge on any atom is -0.481 e. The zero-order valence-electron chi connectivity index (χ0n) is 10.6. The Morgan fingerprint density at radius 1 is 1.50 bits per heavy atom. The SMILES string of the molecule is CC(C)(C)OC(=O)NC[C@H](C(=O)O)c1ccsc1. The monoisotopic (exact) mass is 271 g/mol. The van der Waals surface area contributed by atoms with Crippen molar-refractivity contribution in [2.24, 2.45) is 0 Å². The summed E-state index contributed by atoms with van der Waals surface area (Å²) in [5.74, 6) is -1.71. The van der Waals surface area contributed by atoms with Gasteiger partial charge in [-0.2, -0.15) is 11.3 Å². The molecule has 0 aliphatic heterocycles. The summed E-state index contributed by atoms with van der Waals surface area (Å²) in [6.45, 7) is 5.27. The van der Waals surface area contributed by atoms with Crippen LogP contribution in [-0.4, -0.2) is 29.3 Å². The number of carbonyl (C=O) groups is 2.